The monoisotopic (exact) mass is 474 g/mol. The van der Waals surface area contributed by atoms with E-state index in [-0.39, 0.29) is 11.3 Å². The summed E-state index contributed by atoms with van der Waals surface area (Å²) < 4.78 is 21.9. The van der Waals surface area contributed by atoms with Gasteiger partial charge in [0.05, 0.1) is 26.4 Å². The first kappa shape index (κ1) is 22.4. The highest BCUT2D eigenvalue weighted by molar-refractivity contribution is 7.99. The van der Waals surface area contributed by atoms with Crippen molar-refractivity contribution in [3.8, 4) is 28.5 Å². The maximum Gasteiger partial charge on any atom is 0.260 e. The standard InChI is InChI=1S/C23H23ClN2O5S/c1-13-20(21(25-31-13)14-7-5-6-8-16(14)24)22(27)26-9-10-32-23(26)15-11-18(29-3)19(30-4)12-17(15)28-2/h5-8,11-12,23H,9-10H2,1-4H3. The van der Waals surface area contributed by atoms with Crippen molar-refractivity contribution in [1.82, 2.24) is 10.1 Å². The van der Waals surface area contributed by atoms with E-state index in [2.05, 4.69) is 5.16 Å². The Kier molecular flexibility index (Phi) is 6.53. The Morgan fingerprint density at radius 3 is 2.50 bits per heavy atom. The van der Waals surface area contributed by atoms with Gasteiger partial charge in [0.1, 0.15) is 28.1 Å². The van der Waals surface area contributed by atoms with Gasteiger partial charge in [-0.1, -0.05) is 35.0 Å². The predicted octanol–water partition coefficient (Wildman–Crippen LogP) is 5.22. The number of carbonyl (C=O) groups excluding carboxylic acids is 1. The molecule has 1 unspecified atom stereocenters. The third-order valence-electron chi connectivity index (χ3n) is 5.36. The molecule has 168 valence electrons. The van der Waals surface area contributed by atoms with Gasteiger partial charge < -0.3 is 23.6 Å². The fourth-order valence-electron chi connectivity index (χ4n) is 3.79. The molecule has 1 atom stereocenters. The van der Waals surface area contributed by atoms with Gasteiger partial charge in [-0.25, -0.2) is 0 Å². The van der Waals surface area contributed by atoms with E-state index in [0.29, 0.717) is 51.4 Å². The van der Waals surface area contributed by atoms with E-state index in [0.717, 1.165) is 11.3 Å². The normalized spacial score (nSPS) is 15.7. The van der Waals surface area contributed by atoms with Gasteiger partial charge in [-0.2, -0.15) is 0 Å². The van der Waals surface area contributed by atoms with Gasteiger partial charge in [0.25, 0.3) is 5.91 Å². The second kappa shape index (κ2) is 9.34. The van der Waals surface area contributed by atoms with Crippen molar-refractivity contribution in [3.05, 3.63) is 58.3 Å². The van der Waals surface area contributed by atoms with E-state index in [4.69, 9.17) is 30.3 Å². The fraction of sp³-hybridized carbons (Fsp3) is 0.304. The number of thioether (sulfide) groups is 1. The minimum atomic E-state index is -0.273. The molecule has 1 aromatic heterocycles. The first-order valence-electron chi connectivity index (χ1n) is 9.93. The van der Waals surface area contributed by atoms with E-state index < -0.39 is 0 Å². The minimum absolute atomic E-state index is 0.175. The molecule has 4 rings (SSSR count). The van der Waals surface area contributed by atoms with Gasteiger partial charge in [0.2, 0.25) is 0 Å². The van der Waals surface area contributed by atoms with Gasteiger partial charge in [-0.05, 0) is 19.1 Å². The van der Waals surface area contributed by atoms with Crippen molar-refractivity contribution in [2.24, 2.45) is 0 Å². The van der Waals surface area contributed by atoms with Crippen LogP contribution in [0.15, 0.2) is 40.9 Å². The second-order valence-corrected chi connectivity index (χ2v) is 8.71. The molecule has 2 aromatic carbocycles. The molecule has 0 spiro atoms. The topological polar surface area (TPSA) is 74.0 Å². The van der Waals surface area contributed by atoms with Crippen LogP contribution in [0.2, 0.25) is 5.02 Å². The average molecular weight is 475 g/mol. The molecule has 32 heavy (non-hydrogen) atoms. The smallest absolute Gasteiger partial charge is 0.260 e. The van der Waals surface area contributed by atoms with Crippen LogP contribution in [-0.2, 0) is 0 Å². The van der Waals surface area contributed by atoms with Crippen molar-refractivity contribution in [2.45, 2.75) is 12.3 Å². The Bertz CT molecular complexity index is 1150. The number of nitrogens with zero attached hydrogens (tertiary/aromatic N) is 2. The van der Waals surface area contributed by atoms with Crippen LogP contribution < -0.4 is 14.2 Å². The summed E-state index contributed by atoms with van der Waals surface area (Å²) in [6.07, 6.45) is 0. The summed E-state index contributed by atoms with van der Waals surface area (Å²) in [5.74, 6) is 2.80. The summed E-state index contributed by atoms with van der Waals surface area (Å²) in [4.78, 5) is 15.6. The van der Waals surface area contributed by atoms with Crippen LogP contribution in [0.3, 0.4) is 0 Å². The summed E-state index contributed by atoms with van der Waals surface area (Å²) in [5.41, 5.74) is 2.33. The molecule has 0 bridgehead atoms. The number of aryl methyl sites for hydroxylation is 1. The molecule has 1 aliphatic heterocycles. The van der Waals surface area contributed by atoms with Crippen LogP contribution >= 0.6 is 23.4 Å². The second-order valence-electron chi connectivity index (χ2n) is 7.11. The number of carbonyl (C=O) groups is 1. The Morgan fingerprint density at radius 1 is 1.12 bits per heavy atom. The zero-order valence-corrected chi connectivity index (χ0v) is 19.7. The first-order valence-corrected chi connectivity index (χ1v) is 11.4. The molecular formula is C23H23ClN2O5S. The highest BCUT2D eigenvalue weighted by Crippen LogP contribution is 2.47. The van der Waals surface area contributed by atoms with Crippen LogP contribution in [0.25, 0.3) is 11.3 Å². The Balaban J connectivity index is 1.76. The number of benzene rings is 2. The zero-order valence-electron chi connectivity index (χ0n) is 18.2. The summed E-state index contributed by atoms with van der Waals surface area (Å²) in [7, 11) is 4.74. The molecule has 0 N–H and O–H groups in total. The SMILES string of the molecule is COc1cc(OC)c(C2SCCN2C(=O)c2c(-c3ccccc3Cl)noc2C)cc1OC. The molecular weight excluding hydrogens is 452 g/mol. The Labute approximate surface area is 195 Å². The van der Waals surface area contributed by atoms with Crippen LogP contribution in [0.4, 0.5) is 0 Å². The number of hydrogen-bond acceptors (Lipinski definition) is 7. The molecule has 1 aliphatic rings. The number of ether oxygens (including phenoxy) is 3. The maximum atomic E-state index is 13.8. The van der Waals surface area contributed by atoms with Crippen LogP contribution in [0, 0.1) is 6.92 Å². The van der Waals surface area contributed by atoms with Crippen LogP contribution in [-0.4, -0.2) is 49.6 Å². The lowest BCUT2D eigenvalue weighted by Crippen LogP contribution is -2.31. The highest BCUT2D eigenvalue weighted by Gasteiger charge is 2.37. The van der Waals surface area contributed by atoms with Crippen molar-refractivity contribution in [2.75, 3.05) is 33.6 Å². The van der Waals surface area contributed by atoms with Gasteiger partial charge in [0.15, 0.2) is 11.5 Å². The van der Waals surface area contributed by atoms with E-state index in [9.17, 15) is 4.79 Å². The molecule has 7 nitrogen and oxygen atoms in total. The van der Waals surface area contributed by atoms with Crippen LogP contribution in [0.1, 0.15) is 27.1 Å². The Morgan fingerprint density at radius 2 is 1.81 bits per heavy atom. The molecule has 3 aromatic rings. The molecule has 1 amide bonds. The van der Waals surface area contributed by atoms with Crippen molar-refractivity contribution in [1.29, 1.82) is 0 Å². The molecule has 2 heterocycles. The summed E-state index contributed by atoms with van der Waals surface area (Å²) >= 11 is 8.03. The summed E-state index contributed by atoms with van der Waals surface area (Å²) in [6.45, 7) is 2.30. The largest absolute Gasteiger partial charge is 0.496 e. The van der Waals surface area contributed by atoms with E-state index in [1.54, 1.807) is 57.0 Å². The quantitative estimate of drug-likeness (QED) is 0.485. The number of methoxy groups -OCH3 is 3. The van der Waals surface area contributed by atoms with Crippen LogP contribution in [0.5, 0.6) is 17.2 Å². The van der Waals surface area contributed by atoms with Gasteiger partial charge in [-0.15, -0.1) is 11.8 Å². The lowest BCUT2D eigenvalue weighted by molar-refractivity contribution is 0.0758. The number of rotatable bonds is 6. The zero-order chi connectivity index (χ0) is 22.8. The molecule has 0 saturated carbocycles. The van der Waals surface area contributed by atoms with Gasteiger partial charge >= 0.3 is 0 Å². The maximum absolute atomic E-state index is 13.8. The lowest BCUT2D eigenvalue weighted by atomic mass is 10.0. The number of hydrogen-bond donors (Lipinski definition) is 0. The van der Waals surface area contributed by atoms with E-state index >= 15 is 0 Å². The number of amides is 1. The van der Waals surface area contributed by atoms with E-state index in [1.807, 2.05) is 24.3 Å². The first-order chi connectivity index (χ1) is 15.5. The van der Waals surface area contributed by atoms with Crippen molar-refractivity contribution < 1.29 is 23.5 Å². The van der Waals surface area contributed by atoms with Gasteiger partial charge in [0, 0.05) is 29.5 Å². The molecule has 1 saturated heterocycles. The van der Waals surface area contributed by atoms with Crippen molar-refractivity contribution in [3.63, 3.8) is 0 Å². The van der Waals surface area contributed by atoms with Gasteiger partial charge in [-0.3, -0.25) is 4.79 Å². The van der Waals surface area contributed by atoms with Crippen molar-refractivity contribution >= 4 is 29.3 Å². The van der Waals surface area contributed by atoms with E-state index in [1.165, 1.54) is 0 Å². The predicted molar refractivity (Wildman–Crippen MR) is 124 cm³/mol. The molecule has 1 fully saturated rings. The highest BCUT2D eigenvalue weighted by atomic mass is 35.5. The third kappa shape index (κ3) is 3.89. The summed E-state index contributed by atoms with van der Waals surface area (Å²) in [6, 6.07) is 10.9. The number of halogens is 1. The summed E-state index contributed by atoms with van der Waals surface area (Å²) in [5, 5.41) is 4.38. The minimum Gasteiger partial charge on any atom is -0.496 e. The number of aromatic nitrogens is 1. The third-order valence-corrected chi connectivity index (χ3v) is 6.93. The average Bonchev–Trinajstić information content (AvgIpc) is 3.45. The molecule has 9 heteroatoms. The Hall–Kier alpha value is -2.84. The molecule has 0 aliphatic carbocycles. The fourth-order valence-corrected chi connectivity index (χ4v) is 5.28. The molecule has 0 radical (unpaired) electrons. The lowest BCUT2D eigenvalue weighted by Gasteiger charge is -2.26.